The van der Waals surface area contributed by atoms with Crippen LogP contribution in [0.15, 0.2) is 4.99 Å². The largest absolute Gasteiger partial charge is 0.373 e. The predicted octanol–water partition coefficient (Wildman–Crippen LogP) is 2.75. The van der Waals surface area contributed by atoms with Crippen LogP contribution < -0.4 is 11.1 Å². The summed E-state index contributed by atoms with van der Waals surface area (Å²) in [6, 6.07) is 0. The molecule has 3 aliphatic rings. The van der Waals surface area contributed by atoms with Crippen LogP contribution in [0.25, 0.3) is 0 Å². The van der Waals surface area contributed by atoms with Gasteiger partial charge in [-0.15, -0.1) is 0 Å². The third kappa shape index (κ3) is 5.59. The van der Waals surface area contributed by atoms with Crippen molar-refractivity contribution in [2.45, 2.75) is 95.2 Å². The van der Waals surface area contributed by atoms with Gasteiger partial charge in [0, 0.05) is 26.4 Å². The summed E-state index contributed by atoms with van der Waals surface area (Å²) in [5, 5.41) is 13.6. The summed E-state index contributed by atoms with van der Waals surface area (Å²) >= 11 is 0. The van der Waals surface area contributed by atoms with Gasteiger partial charge in [-0.25, -0.2) is 4.99 Å². The van der Waals surface area contributed by atoms with E-state index in [0.717, 1.165) is 6.42 Å². The number of carbonyl (C=O) groups excluding carboxylic acids is 1. The summed E-state index contributed by atoms with van der Waals surface area (Å²) in [6.45, 7) is 0.487. The zero-order valence-corrected chi connectivity index (χ0v) is 17.0. The molecule has 2 fully saturated rings. The number of aliphatic hydroxyl groups excluding tert-OH is 1. The molecule has 154 valence electrons. The lowest BCUT2D eigenvalue weighted by atomic mass is 9.77. The van der Waals surface area contributed by atoms with Crippen LogP contribution in [0.4, 0.5) is 0 Å². The van der Waals surface area contributed by atoms with E-state index in [0.29, 0.717) is 37.2 Å². The Bertz CT molecular complexity index is 526. The Kier molecular flexibility index (Phi) is 7.01. The summed E-state index contributed by atoms with van der Waals surface area (Å²) < 4.78 is 0. The molecule has 0 saturated heterocycles. The number of guanidine groups is 1. The molecule has 4 N–H and O–H groups in total. The summed E-state index contributed by atoms with van der Waals surface area (Å²) in [6.07, 6.45) is 13.9. The lowest BCUT2D eigenvalue weighted by Crippen LogP contribution is -2.56. The van der Waals surface area contributed by atoms with Crippen molar-refractivity contribution in [1.82, 2.24) is 10.2 Å². The van der Waals surface area contributed by atoms with E-state index in [1.54, 1.807) is 11.9 Å². The minimum atomic E-state index is -0.638. The molecule has 0 aromatic heterocycles. The molecule has 2 saturated carbocycles. The molecule has 0 radical (unpaired) electrons. The molecule has 1 amide bonds. The molecule has 2 aliphatic carbocycles. The Hall–Kier alpha value is -1.30. The van der Waals surface area contributed by atoms with Crippen molar-refractivity contribution >= 4 is 11.9 Å². The number of rotatable bonds is 6. The maximum atomic E-state index is 12.6. The zero-order valence-electron chi connectivity index (χ0n) is 17.0. The first kappa shape index (κ1) is 20.4. The zero-order chi connectivity index (χ0) is 19.3. The Labute approximate surface area is 164 Å². The second-order valence-corrected chi connectivity index (χ2v) is 9.18. The average Bonchev–Trinajstić information content (AvgIpc) is 2.66. The van der Waals surface area contributed by atoms with Crippen LogP contribution in [0.5, 0.6) is 0 Å². The van der Waals surface area contributed by atoms with Gasteiger partial charge in [0.2, 0.25) is 5.91 Å². The second-order valence-electron chi connectivity index (χ2n) is 9.18. The fraction of sp³-hybridized carbons (Fsp3) is 0.905. The smallest absolute Gasteiger partial charge is 0.220 e. The number of hydrogen-bond acceptors (Lipinski definition) is 5. The minimum absolute atomic E-state index is 0.132. The summed E-state index contributed by atoms with van der Waals surface area (Å²) in [7, 11) is 1.77. The van der Waals surface area contributed by atoms with Crippen molar-refractivity contribution in [2.75, 3.05) is 13.6 Å². The molecule has 6 nitrogen and oxygen atoms in total. The highest BCUT2D eigenvalue weighted by molar-refractivity contribution is 5.79. The molecule has 0 aromatic rings. The lowest BCUT2D eigenvalue weighted by molar-refractivity contribution is -0.122. The maximum absolute atomic E-state index is 12.6. The topological polar surface area (TPSA) is 91.0 Å². The first-order valence-corrected chi connectivity index (χ1v) is 11.0. The van der Waals surface area contributed by atoms with Crippen molar-refractivity contribution < 1.29 is 9.90 Å². The monoisotopic (exact) mass is 378 g/mol. The highest BCUT2D eigenvalue weighted by Crippen LogP contribution is 2.36. The van der Waals surface area contributed by atoms with Gasteiger partial charge in [-0.05, 0) is 31.1 Å². The molecule has 0 bridgehead atoms. The molecule has 6 heteroatoms. The molecule has 2 atom stereocenters. The van der Waals surface area contributed by atoms with Crippen molar-refractivity contribution in [3.8, 4) is 0 Å². The van der Waals surface area contributed by atoms with Crippen LogP contribution in [0.1, 0.15) is 83.5 Å². The van der Waals surface area contributed by atoms with E-state index in [4.69, 9.17) is 10.7 Å². The Morgan fingerprint density at radius 3 is 2.33 bits per heavy atom. The molecule has 1 aliphatic heterocycles. The van der Waals surface area contributed by atoms with Crippen LogP contribution in [-0.2, 0) is 4.79 Å². The number of aliphatic imine (C=N–C) groups is 1. The van der Waals surface area contributed by atoms with E-state index in [2.05, 4.69) is 5.32 Å². The number of amides is 1. The van der Waals surface area contributed by atoms with Crippen molar-refractivity contribution in [3.05, 3.63) is 0 Å². The molecule has 0 aromatic carbocycles. The molecule has 0 spiro atoms. The van der Waals surface area contributed by atoms with Crippen LogP contribution in [0.3, 0.4) is 0 Å². The maximum Gasteiger partial charge on any atom is 0.220 e. The van der Waals surface area contributed by atoms with E-state index in [1.807, 2.05) is 0 Å². The van der Waals surface area contributed by atoms with Crippen molar-refractivity contribution in [1.29, 1.82) is 0 Å². The number of nitrogens with zero attached hydrogens (tertiary/aromatic N) is 2. The number of nitrogens with one attached hydrogen (secondary N) is 1. The van der Waals surface area contributed by atoms with Crippen LogP contribution in [0, 0.1) is 11.8 Å². The number of aliphatic hydroxyl groups is 1. The third-order valence-corrected chi connectivity index (χ3v) is 6.93. The van der Waals surface area contributed by atoms with E-state index in [-0.39, 0.29) is 5.91 Å². The Morgan fingerprint density at radius 2 is 1.74 bits per heavy atom. The van der Waals surface area contributed by atoms with E-state index >= 15 is 0 Å². The molecule has 1 heterocycles. The molecule has 2 unspecified atom stereocenters. The number of carbonyl (C=O) groups is 1. The standard InChI is InChI=1S/C21H38N4O2/c1-25-19(27)14-21(24-20(25)22,13-17-10-6-3-7-11-17)15-23-18(26)12-16-8-4-2-5-9-16/h16-17,19,27H,2-15H2,1H3,(H2,22,24)(H,23,26). The predicted molar refractivity (Wildman–Crippen MR) is 108 cm³/mol. The summed E-state index contributed by atoms with van der Waals surface area (Å²) in [5.41, 5.74) is 5.64. The van der Waals surface area contributed by atoms with Crippen molar-refractivity contribution in [3.63, 3.8) is 0 Å². The highest BCUT2D eigenvalue weighted by atomic mass is 16.3. The van der Waals surface area contributed by atoms with E-state index in [1.165, 1.54) is 64.2 Å². The highest BCUT2D eigenvalue weighted by Gasteiger charge is 2.40. The van der Waals surface area contributed by atoms with Gasteiger partial charge in [-0.2, -0.15) is 0 Å². The quantitative estimate of drug-likeness (QED) is 0.663. The van der Waals surface area contributed by atoms with Crippen LogP contribution >= 0.6 is 0 Å². The SMILES string of the molecule is CN1C(N)=NC(CNC(=O)CC2CCCCC2)(CC2CCCCC2)CC1O. The average molecular weight is 379 g/mol. The fourth-order valence-corrected chi connectivity index (χ4v) is 5.23. The molecular formula is C21H38N4O2. The molecule has 3 rings (SSSR count). The van der Waals surface area contributed by atoms with Gasteiger partial charge in [-0.1, -0.05) is 51.4 Å². The van der Waals surface area contributed by atoms with E-state index in [9.17, 15) is 9.90 Å². The third-order valence-electron chi connectivity index (χ3n) is 6.93. The summed E-state index contributed by atoms with van der Waals surface area (Å²) in [5.74, 6) is 1.66. The Morgan fingerprint density at radius 1 is 1.15 bits per heavy atom. The normalized spacial score (nSPS) is 30.8. The number of hydrogen-bond donors (Lipinski definition) is 3. The van der Waals surface area contributed by atoms with Gasteiger partial charge >= 0.3 is 0 Å². The van der Waals surface area contributed by atoms with Crippen LogP contribution in [-0.4, -0.2) is 47.2 Å². The van der Waals surface area contributed by atoms with E-state index < -0.39 is 11.8 Å². The lowest BCUT2D eigenvalue weighted by Gasteiger charge is -2.42. The van der Waals surface area contributed by atoms with Gasteiger partial charge in [0.05, 0.1) is 5.54 Å². The van der Waals surface area contributed by atoms with Crippen LogP contribution in [0.2, 0.25) is 0 Å². The first-order valence-electron chi connectivity index (χ1n) is 11.0. The minimum Gasteiger partial charge on any atom is -0.373 e. The molecular weight excluding hydrogens is 340 g/mol. The fourth-order valence-electron chi connectivity index (χ4n) is 5.23. The van der Waals surface area contributed by atoms with Gasteiger partial charge in [0.15, 0.2) is 5.96 Å². The van der Waals surface area contributed by atoms with Gasteiger partial charge in [0.25, 0.3) is 0 Å². The van der Waals surface area contributed by atoms with Gasteiger partial charge < -0.3 is 21.1 Å². The van der Waals surface area contributed by atoms with Gasteiger partial charge in [0.1, 0.15) is 6.23 Å². The molecule has 27 heavy (non-hydrogen) atoms. The Balaban J connectivity index is 1.63. The summed E-state index contributed by atoms with van der Waals surface area (Å²) in [4.78, 5) is 19.0. The second kappa shape index (κ2) is 9.26. The number of nitrogens with two attached hydrogens (primary N) is 1. The van der Waals surface area contributed by atoms with Crippen molar-refractivity contribution in [2.24, 2.45) is 22.6 Å². The first-order chi connectivity index (χ1) is 13.0. The van der Waals surface area contributed by atoms with Gasteiger partial charge in [-0.3, -0.25) is 4.79 Å².